The van der Waals surface area contributed by atoms with E-state index in [-0.39, 0.29) is 17.7 Å². The van der Waals surface area contributed by atoms with Gasteiger partial charge in [0.25, 0.3) is 5.91 Å². The Balaban J connectivity index is 1.56. The minimum absolute atomic E-state index is 0.230. The van der Waals surface area contributed by atoms with Crippen LogP contribution in [-0.4, -0.2) is 22.2 Å². The summed E-state index contributed by atoms with van der Waals surface area (Å²) in [4.78, 5) is 12.5. The van der Waals surface area contributed by atoms with E-state index < -0.39 is 0 Å². The number of hydrogen-bond donors (Lipinski definition) is 1. The minimum Gasteiger partial charge on any atom is -0.467 e. The van der Waals surface area contributed by atoms with E-state index in [1.165, 1.54) is 0 Å². The first-order valence-electron chi connectivity index (χ1n) is 8.45. The standard InChI is InChI=1S/C20H19N3O3/c1-13-10-14(2)23(22-13)16(18-8-5-9-25-18)12-21-20(24)19-11-15-6-3-4-7-17(15)26-19/h3-11,16H,12H2,1-2H3,(H,21,24)/t16-/m1/s1. The molecule has 0 saturated carbocycles. The van der Waals surface area contributed by atoms with Crippen LogP contribution in [0.5, 0.6) is 0 Å². The number of para-hydroxylation sites is 1. The Labute approximate surface area is 150 Å². The zero-order valence-electron chi connectivity index (χ0n) is 14.6. The van der Waals surface area contributed by atoms with E-state index in [1.807, 2.05) is 61.0 Å². The summed E-state index contributed by atoms with van der Waals surface area (Å²) >= 11 is 0. The lowest BCUT2D eigenvalue weighted by molar-refractivity contribution is 0.0922. The van der Waals surface area contributed by atoms with Crippen LogP contribution in [0.1, 0.15) is 33.7 Å². The van der Waals surface area contributed by atoms with Crippen LogP contribution in [-0.2, 0) is 0 Å². The monoisotopic (exact) mass is 349 g/mol. The van der Waals surface area contributed by atoms with E-state index in [9.17, 15) is 4.79 Å². The number of carbonyl (C=O) groups excluding carboxylic acids is 1. The number of hydrogen-bond acceptors (Lipinski definition) is 4. The van der Waals surface area contributed by atoms with Gasteiger partial charge in [-0.3, -0.25) is 9.48 Å². The zero-order chi connectivity index (χ0) is 18.1. The predicted molar refractivity (Wildman–Crippen MR) is 97.1 cm³/mol. The van der Waals surface area contributed by atoms with Crippen molar-refractivity contribution >= 4 is 16.9 Å². The molecule has 0 aliphatic rings. The molecule has 0 radical (unpaired) electrons. The fourth-order valence-electron chi connectivity index (χ4n) is 3.12. The number of rotatable bonds is 5. The minimum atomic E-state index is -0.265. The number of nitrogens with zero attached hydrogens (tertiary/aromatic N) is 2. The van der Waals surface area contributed by atoms with Crippen LogP contribution in [0.4, 0.5) is 0 Å². The van der Waals surface area contributed by atoms with Crippen LogP contribution in [0.25, 0.3) is 11.0 Å². The number of carbonyl (C=O) groups is 1. The van der Waals surface area contributed by atoms with Gasteiger partial charge >= 0.3 is 0 Å². The molecule has 1 amide bonds. The molecule has 0 aliphatic carbocycles. The van der Waals surface area contributed by atoms with Crippen LogP contribution in [0.3, 0.4) is 0 Å². The molecular weight excluding hydrogens is 330 g/mol. The Kier molecular flexibility index (Phi) is 4.08. The lowest BCUT2D eigenvalue weighted by Crippen LogP contribution is -2.31. The number of furan rings is 2. The first-order chi connectivity index (χ1) is 12.6. The second kappa shape index (κ2) is 6.55. The molecule has 0 fully saturated rings. The maximum absolute atomic E-state index is 12.5. The molecular formula is C20H19N3O3. The molecule has 0 bridgehead atoms. The van der Waals surface area contributed by atoms with Gasteiger partial charge in [0.15, 0.2) is 5.76 Å². The summed E-state index contributed by atoms with van der Waals surface area (Å²) in [6, 6.07) is 14.8. The van der Waals surface area contributed by atoms with Gasteiger partial charge in [-0.15, -0.1) is 0 Å². The fourth-order valence-corrected chi connectivity index (χ4v) is 3.12. The highest BCUT2D eigenvalue weighted by Crippen LogP contribution is 2.22. The van der Waals surface area contributed by atoms with Crippen LogP contribution in [0.2, 0.25) is 0 Å². The van der Waals surface area contributed by atoms with Crippen LogP contribution < -0.4 is 5.32 Å². The molecule has 1 atom stereocenters. The molecule has 0 spiro atoms. The summed E-state index contributed by atoms with van der Waals surface area (Å²) in [5, 5.41) is 8.37. The predicted octanol–water partition coefficient (Wildman–Crippen LogP) is 3.86. The molecule has 4 rings (SSSR count). The number of benzene rings is 1. The van der Waals surface area contributed by atoms with Gasteiger partial charge in [-0.25, -0.2) is 0 Å². The lowest BCUT2D eigenvalue weighted by atomic mass is 10.2. The second-order valence-electron chi connectivity index (χ2n) is 6.26. The average molecular weight is 349 g/mol. The summed E-state index contributed by atoms with van der Waals surface area (Å²) in [6.07, 6.45) is 1.62. The highest BCUT2D eigenvalue weighted by atomic mass is 16.3. The first kappa shape index (κ1) is 16.2. The van der Waals surface area contributed by atoms with Crippen molar-refractivity contribution in [3.8, 4) is 0 Å². The van der Waals surface area contributed by atoms with Crippen molar-refractivity contribution in [3.63, 3.8) is 0 Å². The Morgan fingerprint density at radius 2 is 2.04 bits per heavy atom. The largest absolute Gasteiger partial charge is 0.467 e. The summed E-state index contributed by atoms with van der Waals surface area (Å²) in [5.74, 6) is 0.762. The Morgan fingerprint density at radius 3 is 2.73 bits per heavy atom. The third-order valence-corrected chi connectivity index (χ3v) is 4.32. The molecule has 0 unspecified atom stereocenters. The zero-order valence-corrected chi connectivity index (χ0v) is 14.6. The maximum atomic E-state index is 12.5. The van der Waals surface area contributed by atoms with Gasteiger partial charge in [0.2, 0.25) is 0 Å². The molecule has 3 heterocycles. The SMILES string of the molecule is Cc1cc(C)n([C@H](CNC(=O)c2cc3ccccc3o2)c2ccco2)n1. The summed E-state index contributed by atoms with van der Waals surface area (Å²) in [7, 11) is 0. The van der Waals surface area contributed by atoms with Gasteiger partial charge in [0.1, 0.15) is 17.4 Å². The van der Waals surface area contributed by atoms with Gasteiger partial charge in [-0.1, -0.05) is 18.2 Å². The second-order valence-corrected chi connectivity index (χ2v) is 6.26. The molecule has 1 N–H and O–H groups in total. The number of aromatic nitrogens is 2. The van der Waals surface area contributed by atoms with E-state index in [0.29, 0.717) is 12.1 Å². The maximum Gasteiger partial charge on any atom is 0.287 e. The van der Waals surface area contributed by atoms with E-state index in [2.05, 4.69) is 10.4 Å². The van der Waals surface area contributed by atoms with Crippen molar-refractivity contribution < 1.29 is 13.6 Å². The Bertz CT molecular complexity index is 1010. The quantitative estimate of drug-likeness (QED) is 0.594. The summed E-state index contributed by atoms with van der Waals surface area (Å²) < 4.78 is 13.1. The van der Waals surface area contributed by atoms with Crippen LogP contribution in [0, 0.1) is 13.8 Å². The molecule has 132 valence electrons. The van der Waals surface area contributed by atoms with E-state index in [1.54, 1.807) is 12.3 Å². The van der Waals surface area contributed by atoms with Crippen LogP contribution in [0.15, 0.2) is 63.6 Å². The topological polar surface area (TPSA) is 73.2 Å². The van der Waals surface area contributed by atoms with Crippen molar-refractivity contribution in [1.82, 2.24) is 15.1 Å². The van der Waals surface area contributed by atoms with Crippen molar-refractivity contribution in [2.45, 2.75) is 19.9 Å². The molecule has 3 aromatic heterocycles. The average Bonchev–Trinajstić information content (AvgIpc) is 3.35. The smallest absolute Gasteiger partial charge is 0.287 e. The van der Waals surface area contributed by atoms with Gasteiger partial charge in [0, 0.05) is 17.6 Å². The molecule has 6 nitrogen and oxygen atoms in total. The molecule has 6 heteroatoms. The molecule has 0 aliphatic heterocycles. The van der Waals surface area contributed by atoms with Crippen molar-refractivity contribution in [3.05, 3.63) is 77.7 Å². The van der Waals surface area contributed by atoms with E-state index in [0.717, 1.165) is 22.5 Å². The summed E-state index contributed by atoms with van der Waals surface area (Å²) in [5.41, 5.74) is 2.61. The van der Waals surface area contributed by atoms with Crippen molar-refractivity contribution in [2.75, 3.05) is 6.54 Å². The first-order valence-corrected chi connectivity index (χ1v) is 8.45. The highest BCUT2D eigenvalue weighted by Gasteiger charge is 2.22. The van der Waals surface area contributed by atoms with Gasteiger partial charge in [-0.05, 0) is 44.2 Å². The van der Waals surface area contributed by atoms with Crippen molar-refractivity contribution in [2.24, 2.45) is 0 Å². The third-order valence-electron chi connectivity index (χ3n) is 4.32. The number of aryl methyl sites for hydroxylation is 2. The Hall–Kier alpha value is -3.28. The number of amides is 1. The van der Waals surface area contributed by atoms with Crippen molar-refractivity contribution in [1.29, 1.82) is 0 Å². The lowest BCUT2D eigenvalue weighted by Gasteiger charge is -2.17. The number of nitrogens with one attached hydrogen (secondary N) is 1. The van der Waals surface area contributed by atoms with Gasteiger partial charge in [-0.2, -0.15) is 5.10 Å². The van der Waals surface area contributed by atoms with Crippen LogP contribution >= 0.6 is 0 Å². The normalized spacial score (nSPS) is 12.4. The Morgan fingerprint density at radius 1 is 1.19 bits per heavy atom. The fraction of sp³-hybridized carbons (Fsp3) is 0.200. The van der Waals surface area contributed by atoms with E-state index >= 15 is 0 Å². The molecule has 26 heavy (non-hydrogen) atoms. The van der Waals surface area contributed by atoms with E-state index in [4.69, 9.17) is 8.83 Å². The number of fused-ring (bicyclic) bond motifs is 1. The molecule has 1 aromatic carbocycles. The highest BCUT2D eigenvalue weighted by molar-refractivity contribution is 5.96. The third kappa shape index (κ3) is 3.01. The summed E-state index contributed by atoms with van der Waals surface area (Å²) in [6.45, 7) is 4.26. The van der Waals surface area contributed by atoms with Gasteiger partial charge in [0.05, 0.1) is 12.0 Å². The molecule has 4 aromatic rings. The van der Waals surface area contributed by atoms with Gasteiger partial charge < -0.3 is 14.2 Å². The molecule has 0 saturated heterocycles.